The van der Waals surface area contributed by atoms with Crippen molar-refractivity contribution < 1.29 is 14.3 Å². The monoisotopic (exact) mass is 349 g/mol. The van der Waals surface area contributed by atoms with Crippen LogP contribution in [0.4, 0.5) is 11.4 Å². The molecule has 1 heterocycles. The van der Waals surface area contributed by atoms with E-state index in [0.29, 0.717) is 28.7 Å². The van der Waals surface area contributed by atoms with Crippen LogP contribution in [-0.2, 0) is 16.6 Å². The molecule has 128 valence electrons. The molecule has 2 aromatic rings. The quantitative estimate of drug-likeness (QED) is 0.741. The van der Waals surface area contributed by atoms with E-state index >= 15 is 0 Å². The zero-order valence-electron chi connectivity index (χ0n) is 13.7. The van der Waals surface area contributed by atoms with E-state index in [1.165, 1.54) is 18.9 Å². The van der Waals surface area contributed by atoms with Gasteiger partial charge in [0.05, 0.1) is 18.6 Å². The first kappa shape index (κ1) is 17.8. The van der Waals surface area contributed by atoms with E-state index in [4.69, 9.17) is 4.74 Å². The van der Waals surface area contributed by atoms with Gasteiger partial charge < -0.3 is 19.9 Å². The van der Waals surface area contributed by atoms with Crippen LogP contribution in [0, 0.1) is 0 Å². The first-order valence-electron chi connectivity index (χ1n) is 7.28. The number of amides is 2. The van der Waals surface area contributed by atoms with Gasteiger partial charge in [-0.3, -0.25) is 9.59 Å². The van der Waals surface area contributed by atoms with Crippen LogP contribution in [-0.4, -0.2) is 39.4 Å². The van der Waals surface area contributed by atoms with Crippen LogP contribution in [0.15, 0.2) is 29.7 Å². The van der Waals surface area contributed by atoms with Crippen LogP contribution in [0.2, 0.25) is 0 Å². The van der Waals surface area contributed by atoms with Gasteiger partial charge in [-0.05, 0) is 18.2 Å². The molecule has 2 rings (SSSR count). The van der Waals surface area contributed by atoms with Gasteiger partial charge in [-0.25, -0.2) is 0 Å². The average molecular weight is 349 g/mol. The number of nitrogens with zero attached hydrogens (tertiary/aromatic N) is 3. The Hall–Kier alpha value is -2.55. The second-order valence-electron chi connectivity index (χ2n) is 4.88. The van der Waals surface area contributed by atoms with Crippen LogP contribution >= 0.6 is 11.8 Å². The Morgan fingerprint density at radius 2 is 2.08 bits per heavy atom. The maximum atomic E-state index is 12.1. The number of carbonyl (C=O) groups excluding carboxylic acids is 2. The summed E-state index contributed by atoms with van der Waals surface area (Å²) in [6, 6.07) is 5.07. The summed E-state index contributed by atoms with van der Waals surface area (Å²) in [7, 11) is 3.33. The number of hydrogen-bond donors (Lipinski definition) is 2. The third-order valence-electron chi connectivity index (χ3n) is 3.08. The molecular formula is C15H19N5O3S. The predicted molar refractivity (Wildman–Crippen MR) is 92.3 cm³/mol. The minimum atomic E-state index is -0.180. The highest BCUT2D eigenvalue weighted by atomic mass is 32.2. The van der Waals surface area contributed by atoms with Gasteiger partial charge >= 0.3 is 0 Å². The molecule has 0 aliphatic heterocycles. The van der Waals surface area contributed by atoms with E-state index in [2.05, 4.69) is 20.8 Å². The van der Waals surface area contributed by atoms with E-state index in [1.54, 1.807) is 36.0 Å². The van der Waals surface area contributed by atoms with E-state index in [1.807, 2.05) is 7.05 Å². The Bertz CT molecular complexity index is 732. The van der Waals surface area contributed by atoms with Gasteiger partial charge in [-0.2, -0.15) is 0 Å². The van der Waals surface area contributed by atoms with E-state index in [-0.39, 0.29) is 17.6 Å². The second kappa shape index (κ2) is 8.34. The standard InChI is InChI=1S/C15H19N5O3S/c1-4-13(21)18-11-7-10(5-6-12(11)23-3)17-14(22)8-24-15-19-16-9-20(15)2/h5-7,9H,4,8H2,1-3H3,(H,17,22)(H,18,21). The lowest BCUT2D eigenvalue weighted by Gasteiger charge is -2.12. The summed E-state index contributed by atoms with van der Waals surface area (Å²) in [5, 5.41) is 13.9. The van der Waals surface area contributed by atoms with Crippen LogP contribution in [0.5, 0.6) is 5.75 Å². The molecule has 2 amide bonds. The summed E-state index contributed by atoms with van der Waals surface area (Å²) in [5.41, 5.74) is 1.09. The van der Waals surface area contributed by atoms with Crippen LogP contribution in [0.3, 0.4) is 0 Å². The number of aryl methyl sites for hydroxylation is 1. The van der Waals surface area contributed by atoms with Crippen molar-refractivity contribution in [2.24, 2.45) is 7.05 Å². The van der Waals surface area contributed by atoms with Gasteiger partial charge in [0.25, 0.3) is 0 Å². The van der Waals surface area contributed by atoms with Crippen LogP contribution < -0.4 is 15.4 Å². The number of aromatic nitrogens is 3. The zero-order chi connectivity index (χ0) is 17.5. The fourth-order valence-electron chi connectivity index (χ4n) is 1.85. The highest BCUT2D eigenvalue weighted by molar-refractivity contribution is 7.99. The lowest BCUT2D eigenvalue weighted by Crippen LogP contribution is -2.15. The summed E-state index contributed by atoms with van der Waals surface area (Å²) in [5.74, 6) is 0.425. The maximum absolute atomic E-state index is 12.1. The molecular weight excluding hydrogens is 330 g/mol. The van der Waals surface area contributed by atoms with Crippen molar-refractivity contribution in [3.05, 3.63) is 24.5 Å². The first-order valence-corrected chi connectivity index (χ1v) is 8.26. The van der Waals surface area contributed by atoms with Crippen molar-refractivity contribution in [1.82, 2.24) is 14.8 Å². The van der Waals surface area contributed by atoms with E-state index in [0.717, 1.165) is 0 Å². The number of benzene rings is 1. The summed E-state index contributed by atoms with van der Waals surface area (Å²) < 4.78 is 6.95. The molecule has 0 saturated carbocycles. The van der Waals surface area contributed by atoms with Crippen molar-refractivity contribution in [2.45, 2.75) is 18.5 Å². The molecule has 0 radical (unpaired) electrons. The molecule has 0 aliphatic carbocycles. The molecule has 2 N–H and O–H groups in total. The highest BCUT2D eigenvalue weighted by Gasteiger charge is 2.11. The van der Waals surface area contributed by atoms with Gasteiger partial charge in [-0.1, -0.05) is 18.7 Å². The van der Waals surface area contributed by atoms with Gasteiger partial charge in [0, 0.05) is 19.2 Å². The van der Waals surface area contributed by atoms with Gasteiger partial charge in [0.1, 0.15) is 12.1 Å². The van der Waals surface area contributed by atoms with Crippen LogP contribution in [0.25, 0.3) is 0 Å². The van der Waals surface area contributed by atoms with Crippen LogP contribution in [0.1, 0.15) is 13.3 Å². The molecule has 0 unspecified atom stereocenters. The molecule has 0 spiro atoms. The number of rotatable bonds is 7. The molecule has 9 heteroatoms. The third kappa shape index (κ3) is 4.72. The number of methoxy groups -OCH3 is 1. The zero-order valence-corrected chi connectivity index (χ0v) is 14.5. The minimum absolute atomic E-state index is 0.130. The third-order valence-corrected chi connectivity index (χ3v) is 4.12. The van der Waals surface area contributed by atoms with Gasteiger partial charge in [0.15, 0.2) is 5.16 Å². The normalized spacial score (nSPS) is 10.3. The van der Waals surface area contributed by atoms with Crippen molar-refractivity contribution in [3.8, 4) is 5.75 Å². The van der Waals surface area contributed by atoms with E-state index < -0.39 is 0 Å². The molecule has 1 aromatic carbocycles. The summed E-state index contributed by atoms with van der Waals surface area (Å²) in [6.07, 6.45) is 1.93. The van der Waals surface area contributed by atoms with Gasteiger partial charge in [-0.15, -0.1) is 10.2 Å². The average Bonchev–Trinajstić information content (AvgIpc) is 2.98. The summed E-state index contributed by atoms with van der Waals surface area (Å²) in [6.45, 7) is 1.76. The topological polar surface area (TPSA) is 98.1 Å². The Balaban J connectivity index is 2.00. The van der Waals surface area contributed by atoms with Crippen molar-refractivity contribution >= 4 is 35.0 Å². The number of thioether (sulfide) groups is 1. The van der Waals surface area contributed by atoms with Crippen molar-refractivity contribution in [3.63, 3.8) is 0 Å². The summed E-state index contributed by atoms with van der Waals surface area (Å²) in [4.78, 5) is 23.6. The van der Waals surface area contributed by atoms with Crippen molar-refractivity contribution in [2.75, 3.05) is 23.5 Å². The number of ether oxygens (including phenoxy) is 1. The molecule has 0 fully saturated rings. The Labute approximate surface area is 144 Å². The van der Waals surface area contributed by atoms with Crippen molar-refractivity contribution in [1.29, 1.82) is 0 Å². The maximum Gasteiger partial charge on any atom is 0.234 e. The van der Waals surface area contributed by atoms with E-state index in [9.17, 15) is 9.59 Å². The lowest BCUT2D eigenvalue weighted by atomic mass is 10.2. The minimum Gasteiger partial charge on any atom is -0.495 e. The number of nitrogens with one attached hydrogen (secondary N) is 2. The Kier molecular flexibility index (Phi) is 6.19. The smallest absolute Gasteiger partial charge is 0.234 e. The first-order chi connectivity index (χ1) is 11.5. The Morgan fingerprint density at radius 1 is 1.29 bits per heavy atom. The highest BCUT2D eigenvalue weighted by Crippen LogP contribution is 2.28. The number of carbonyl (C=O) groups is 2. The van der Waals surface area contributed by atoms with Gasteiger partial charge in [0.2, 0.25) is 11.8 Å². The summed E-state index contributed by atoms with van der Waals surface area (Å²) >= 11 is 1.29. The molecule has 8 nitrogen and oxygen atoms in total. The lowest BCUT2D eigenvalue weighted by molar-refractivity contribution is -0.116. The number of anilines is 2. The molecule has 0 atom stereocenters. The molecule has 24 heavy (non-hydrogen) atoms. The second-order valence-corrected chi connectivity index (χ2v) is 5.82. The fourth-order valence-corrected chi connectivity index (χ4v) is 2.54. The molecule has 0 saturated heterocycles. The molecule has 1 aromatic heterocycles. The number of hydrogen-bond acceptors (Lipinski definition) is 6. The molecule has 0 aliphatic rings. The SMILES string of the molecule is CCC(=O)Nc1cc(NC(=O)CSc2nncn2C)ccc1OC. The Morgan fingerprint density at radius 3 is 2.71 bits per heavy atom. The predicted octanol–water partition coefficient (Wildman–Crippen LogP) is 1.90. The molecule has 0 bridgehead atoms. The fraction of sp³-hybridized carbons (Fsp3) is 0.333. The largest absolute Gasteiger partial charge is 0.495 e.